The fourth-order valence-electron chi connectivity index (χ4n) is 1.89. The highest BCUT2D eigenvalue weighted by Gasteiger charge is 2.22. The van der Waals surface area contributed by atoms with Crippen LogP contribution in [-0.4, -0.2) is 28.0 Å². The van der Waals surface area contributed by atoms with Crippen LogP contribution < -0.4 is 5.32 Å². The zero-order valence-corrected chi connectivity index (χ0v) is 9.72. The molecule has 0 aromatic carbocycles. The lowest BCUT2D eigenvalue weighted by atomic mass is 10.0. The number of hydrogen-bond acceptors (Lipinski definition) is 4. The van der Waals surface area contributed by atoms with E-state index in [0.29, 0.717) is 5.92 Å². The molecular weight excluding hydrogens is 212 g/mol. The topological polar surface area (TPSA) is 50.7 Å². The van der Waals surface area contributed by atoms with E-state index in [1.54, 1.807) is 6.20 Å². The summed E-state index contributed by atoms with van der Waals surface area (Å²) in [6, 6.07) is 7.85. The lowest BCUT2D eigenvalue weighted by molar-refractivity contribution is 0.429. The molecule has 0 saturated carbocycles. The van der Waals surface area contributed by atoms with Gasteiger partial charge in [0.25, 0.3) is 0 Å². The summed E-state index contributed by atoms with van der Waals surface area (Å²) in [7, 11) is 0. The summed E-state index contributed by atoms with van der Waals surface area (Å²) in [5.74, 6) is 1.39. The lowest BCUT2D eigenvalue weighted by Gasteiger charge is -2.26. The molecule has 4 nitrogen and oxygen atoms in total. The molecule has 3 rings (SSSR count). The van der Waals surface area contributed by atoms with Gasteiger partial charge in [-0.2, -0.15) is 0 Å². The maximum absolute atomic E-state index is 4.61. The molecule has 0 bridgehead atoms. The van der Waals surface area contributed by atoms with Crippen LogP contribution in [0.3, 0.4) is 0 Å². The molecule has 1 fully saturated rings. The van der Waals surface area contributed by atoms with Crippen LogP contribution in [0.15, 0.2) is 30.5 Å². The maximum atomic E-state index is 4.61. The molecule has 4 heteroatoms. The summed E-state index contributed by atoms with van der Waals surface area (Å²) in [4.78, 5) is 13.4. The molecule has 1 aliphatic heterocycles. The Balaban J connectivity index is 2.02. The van der Waals surface area contributed by atoms with Crippen molar-refractivity contribution in [1.29, 1.82) is 0 Å². The summed E-state index contributed by atoms with van der Waals surface area (Å²) in [6.07, 6.45) is 1.79. The van der Waals surface area contributed by atoms with Gasteiger partial charge >= 0.3 is 0 Å². The molecule has 0 radical (unpaired) electrons. The van der Waals surface area contributed by atoms with E-state index >= 15 is 0 Å². The van der Waals surface area contributed by atoms with Crippen molar-refractivity contribution in [3.63, 3.8) is 0 Å². The molecule has 0 spiro atoms. The van der Waals surface area contributed by atoms with Crippen molar-refractivity contribution in [3.05, 3.63) is 42.0 Å². The summed E-state index contributed by atoms with van der Waals surface area (Å²) in [5, 5.41) is 3.24. The van der Waals surface area contributed by atoms with Crippen LogP contribution in [0, 0.1) is 6.92 Å². The van der Waals surface area contributed by atoms with E-state index in [2.05, 4.69) is 20.3 Å². The number of rotatable bonds is 2. The van der Waals surface area contributed by atoms with Gasteiger partial charge in [0.15, 0.2) is 0 Å². The number of aryl methyl sites for hydroxylation is 1. The molecule has 0 amide bonds. The van der Waals surface area contributed by atoms with Gasteiger partial charge in [-0.3, -0.25) is 4.98 Å². The molecule has 2 aromatic heterocycles. The number of hydrogen-bond donors (Lipinski definition) is 1. The average molecular weight is 226 g/mol. The minimum atomic E-state index is 0.456. The van der Waals surface area contributed by atoms with Gasteiger partial charge in [-0.25, -0.2) is 9.97 Å². The van der Waals surface area contributed by atoms with E-state index in [4.69, 9.17) is 0 Å². The molecular formula is C13H14N4. The van der Waals surface area contributed by atoms with Crippen LogP contribution in [0.2, 0.25) is 0 Å². The van der Waals surface area contributed by atoms with Gasteiger partial charge in [0.05, 0.1) is 11.4 Å². The van der Waals surface area contributed by atoms with Crippen molar-refractivity contribution < 1.29 is 0 Å². The first-order valence-corrected chi connectivity index (χ1v) is 5.80. The Morgan fingerprint density at radius 2 is 2.06 bits per heavy atom. The molecule has 0 atom stereocenters. The van der Waals surface area contributed by atoms with Crippen molar-refractivity contribution in [3.8, 4) is 11.4 Å². The molecule has 1 saturated heterocycles. The third-order valence-corrected chi connectivity index (χ3v) is 2.95. The first-order chi connectivity index (χ1) is 8.33. The third-order valence-electron chi connectivity index (χ3n) is 2.95. The monoisotopic (exact) mass is 226 g/mol. The predicted octanol–water partition coefficient (Wildman–Crippen LogP) is 1.53. The molecule has 3 heterocycles. The largest absolute Gasteiger partial charge is 0.315 e. The smallest absolute Gasteiger partial charge is 0.134 e. The maximum Gasteiger partial charge on any atom is 0.134 e. The van der Waals surface area contributed by atoms with E-state index < -0.39 is 0 Å². The Labute approximate surface area is 100 Å². The van der Waals surface area contributed by atoms with E-state index in [0.717, 1.165) is 36.0 Å². The second-order valence-corrected chi connectivity index (χ2v) is 4.32. The van der Waals surface area contributed by atoms with E-state index in [9.17, 15) is 0 Å². The summed E-state index contributed by atoms with van der Waals surface area (Å²) in [5.41, 5.74) is 2.83. The fourth-order valence-corrected chi connectivity index (χ4v) is 1.89. The first kappa shape index (κ1) is 10.4. The van der Waals surface area contributed by atoms with Crippen LogP contribution in [0.25, 0.3) is 11.4 Å². The lowest BCUT2D eigenvalue weighted by Crippen LogP contribution is -2.41. The average Bonchev–Trinajstić information content (AvgIpc) is 2.27. The molecule has 0 unspecified atom stereocenters. The van der Waals surface area contributed by atoms with Gasteiger partial charge < -0.3 is 5.32 Å². The van der Waals surface area contributed by atoms with Gasteiger partial charge in [0, 0.05) is 30.9 Å². The summed E-state index contributed by atoms with van der Waals surface area (Å²) >= 11 is 0. The highest BCUT2D eigenvalue weighted by Crippen LogP contribution is 2.20. The van der Waals surface area contributed by atoms with Gasteiger partial charge in [-0.1, -0.05) is 6.07 Å². The number of aromatic nitrogens is 3. The molecule has 1 N–H and O–H groups in total. The standard InChI is InChI=1S/C13H14N4/c1-9-6-12(11-4-2-3-5-15-11)17-13(16-9)10-7-14-8-10/h2-6,10,14H,7-8H2,1H3. The van der Waals surface area contributed by atoms with Gasteiger partial charge in [-0.05, 0) is 25.1 Å². The van der Waals surface area contributed by atoms with Crippen LogP contribution in [0.5, 0.6) is 0 Å². The number of nitrogens with zero attached hydrogens (tertiary/aromatic N) is 3. The van der Waals surface area contributed by atoms with E-state index in [1.165, 1.54) is 0 Å². The molecule has 17 heavy (non-hydrogen) atoms. The second-order valence-electron chi connectivity index (χ2n) is 4.32. The van der Waals surface area contributed by atoms with Crippen LogP contribution in [0.1, 0.15) is 17.4 Å². The third kappa shape index (κ3) is 2.03. The molecule has 0 aliphatic carbocycles. The highest BCUT2D eigenvalue weighted by atomic mass is 15.0. The van der Waals surface area contributed by atoms with E-state index in [1.807, 2.05) is 31.2 Å². The highest BCUT2D eigenvalue weighted by molar-refractivity contribution is 5.54. The normalized spacial score (nSPS) is 15.6. The Bertz CT molecular complexity index is 520. The van der Waals surface area contributed by atoms with E-state index in [-0.39, 0.29) is 0 Å². The summed E-state index contributed by atoms with van der Waals surface area (Å²) < 4.78 is 0. The first-order valence-electron chi connectivity index (χ1n) is 5.80. The van der Waals surface area contributed by atoms with Crippen molar-refractivity contribution in [2.24, 2.45) is 0 Å². The van der Waals surface area contributed by atoms with Crippen molar-refractivity contribution in [1.82, 2.24) is 20.3 Å². The Morgan fingerprint density at radius 1 is 1.18 bits per heavy atom. The van der Waals surface area contributed by atoms with Crippen molar-refractivity contribution in [2.45, 2.75) is 12.8 Å². The Kier molecular flexibility index (Phi) is 2.57. The number of pyridine rings is 1. The quantitative estimate of drug-likeness (QED) is 0.843. The molecule has 2 aromatic rings. The Hall–Kier alpha value is -1.81. The Morgan fingerprint density at radius 3 is 2.71 bits per heavy atom. The number of nitrogens with one attached hydrogen (secondary N) is 1. The van der Waals surface area contributed by atoms with Crippen molar-refractivity contribution in [2.75, 3.05) is 13.1 Å². The fraction of sp³-hybridized carbons (Fsp3) is 0.308. The minimum Gasteiger partial charge on any atom is -0.315 e. The predicted molar refractivity (Wildman–Crippen MR) is 65.6 cm³/mol. The van der Waals surface area contributed by atoms with Crippen LogP contribution in [-0.2, 0) is 0 Å². The summed E-state index contributed by atoms with van der Waals surface area (Å²) in [6.45, 7) is 3.96. The van der Waals surface area contributed by atoms with Crippen LogP contribution >= 0.6 is 0 Å². The zero-order valence-electron chi connectivity index (χ0n) is 9.72. The zero-order chi connectivity index (χ0) is 11.7. The van der Waals surface area contributed by atoms with Gasteiger partial charge in [-0.15, -0.1) is 0 Å². The van der Waals surface area contributed by atoms with Crippen LogP contribution in [0.4, 0.5) is 0 Å². The SMILES string of the molecule is Cc1cc(-c2ccccn2)nc(C2CNC2)n1. The van der Waals surface area contributed by atoms with Gasteiger partial charge in [0.2, 0.25) is 0 Å². The minimum absolute atomic E-state index is 0.456. The second kappa shape index (κ2) is 4.22. The molecule has 86 valence electrons. The van der Waals surface area contributed by atoms with Gasteiger partial charge in [0.1, 0.15) is 5.82 Å². The molecule has 1 aliphatic rings. The van der Waals surface area contributed by atoms with Crippen molar-refractivity contribution >= 4 is 0 Å².